The van der Waals surface area contributed by atoms with Gasteiger partial charge < -0.3 is 10.6 Å². The minimum atomic E-state index is -0.162. The van der Waals surface area contributed by atoms with Gasteiger partial charge in [0.15, 0.2) is 0 Å². The predicted octanol–water partition coefficient (Wildman–Crippen LogP) is 0.0552. The molecule has 58 valence electrons. The van der Waals surface area contributed by atoms with Gasteiger partial charge in [0.2, 0.25) is 0 Å². The van der Waals surface area contributed by atoms with E-state index < -0.39 is 0 Å². The molecular weight excluding hydrogens is 144 g/mol. The topological polar surface area (TPSA) is 59.0 Å². The molecule has 0 aromatic carbocycles. The highest BCUT2D eigenvalue weighted by Crippen LogP contribution is 2.16. The van der Waals surface area contributed by atoms with Crippen LogP contribution in [0.15, 0.2) is 6.20 Å². The smallest absolute Gasteiger partial charge is 0.319 e. The molecule has 0 saturated carbocycles. The molecule has 0 spiro atoms. The van der Waals surface area contributed by atoms with Crippen molar-refractivity contribution in [1.82, 2.24) is 15.1 Å². The molecule has 2 rings (SSSR count). The molecule has 0 unspecified atom stereocenters. The van der Waals surface area contributed by atoms with Crippen molar-refractivity contribution in [1.29, 1.82) is 0 Å². The Bertz CT molecular complexity index is 304. The summed E-state index contributed by atoms with van der Waals surface area (Å²) in [6.45, 7) is 0.553. The molecule has 0 bridgehead atoms. The van der Waals surface area contributed by atoms with Crippen molar-refractivity contribution < 1.29 is 4.79 Å². The number of nitrogens with one attached hydrogen (secondary N) is 2. The van der Waals surface area contributed by atoms with Crippen LogP contribution in [-0.4, -0.2) is 15.8 Å². The van der Waals surface area contributed by atoms with Crippen molar-refractivity contribution in [3.8, 4) is 0 Å². The van der Waals surface area contributed by atoms with Gasteiger partial charge in [0.05, 0.1) is 24.1 Å². The number of fused-ring (bicyclic) bond motifs is 1. The fourth-order valence-electron chi connectivity index (χ4n) is 1.11. The largest absolute Gasteiger partial charge is 0.332 e. The second-order valence-electron chi connectivity index (χ2n) is 2.44. The lowest BCUT2D eigenvalue weighted by atomic mass is 10.3. The average Bonchev–Trinajstić information content (AvgIpc) is 2.32. The third-order valence-electron chi connectivity index (χ3n) is 1.73. The van der Waals surface area contributed by atoms with Gasteiger partial charge in [-0.25, -0.2) is 4.79 Å². The van der Waals surface area contributed by atoms with Crippen LogP contribution in [0, 0.1) is 0 Å². The first-order chi connectivity index (χ1) is 5.27. The second-order valence-corrected chi connectivity index (χ2v) is 2.44. The first-order valence-electron chi connectivity index (χ1n) is 3.33. The number of rotatable bonds is 0. The van der Waals surface area contributed by atoms with Gasteiger partial charge >= 0.3 is 6.03 Å². The Labute approximate surface area is 63.4 Å². The summed E-state index contributed by atoms with van der Waals surface area (Å²) in [5.41, 5.74) is 1.81. The standard InChI is InChI=1S/C6H8N4O/c1-10-5-3-7-6(11)9-4(5)2-8-10/h2H,3H2,1H3,(H2,7,9,11). The predicted molar refractivity (Wildman–Crippen MR) is 39.1 cm³/mol. The molecule has 5 nitrogen and oxygen atoms in total. The normalized spacial score (nSPS) is 15.2. The number of hydrogen-bond acceptors (Lipinski definition) is 2. The van der Waals surface area contributed by atoms with Crippen LogP contribution in [0.25, 0.3) is 0 Å². The Morgan fingerprint density at radius 2 is 2.55 bits per heavy atom. The third-order valence-corrected chi connectivity index (χ3v) is 1.73. The summed E-state index contributed by atoms with van der Waals surface area (Å²) in [7, 11) is 1.85. The maximum Gasteiger partial charge on any atom is 0.319 e. The molecule has 1 aromatic heterocycles. The van der Waals surface area contributed by atoms with Crippen LogP contribution in [0.4, 0.5) is 10.5 Å². The number of hydrogen-bond donors (Lipinski definition) is 2. The van der Waals surface area contributed by atoms with Gasteiger partial charge in [-0.2, -0.15) is 5.10 Å². The average molecular weight is 152 g/mol. The summed E-state index contributed by atoms with van der Waals surface area (Å²) in [6.07, 6.45) is 1.65. The highest BCUT2D eigenvalue weighted by Gasteiger charge is 2.16. The number of aryl methyl sites for hydroxylation is 1. The molecular formula is C6H8N4O. The Kier molecular flexibility index (Phi) is 1.12. The van der Waals surface area contributed by atoms with Crippen molar-refractivity contribution in [2.24, 2.45) is 7.05 Å². The first kappa shape index (κ1) is 6.21. The van der Waals surface area contributed by atoms with E-state index in [2.05, 4.69) is 15.7 Å². The van der Waals surface area contributed by atoms with E-state index in [9.17, 15) is 4.79 Å². The van der Waals surface area contributed by atoms with E-state index in [4.69, 9.17) is 0 Å². The zero-order chi connectivity index (χ0) is 7.84. The van der Waals surface area contributed by atoms with Gasteiger partial charge in [0.25, 0.3) is 0 Å². The van der Waals surface area contributed by atoms with Crippen LogP contribution in [-0.2, 0) is 13.6 Å². The van der Waals surface area contributed by atoms with Crippen LogP contribution in [0.5, 0.6) is 0 Å². The van der Waals surface area contributed by atoms with Gasteiger partial charge in [-0.05, 0) is 0 Å². The summed E-state index contributed by atoms with van der Waals surface area (Å²) < 4.78 is 1.74. The first-order valence-corrected chi connectivity index (χ1v) is 3.33. The van der Waals surface area contributed by atoms with Crippen molar-refractivity contribution in [3.63, 3.8) is 0 Å². The van der Waals surface area contributed by atoms with E-state index in [1.807, 2.05) is 7.05 Å². The molecule has 0 saturated heterocycles. The van der Waals surface area contributed by atoms with Crippen molar-refractivity contribution in [3.05, 3.63) is 11.9 Å². The summed E-state index contributed by atoms with van der Waals surface area (Å²) in [5.74, 6) is 0. The second kappa shape index (κ2) is 1.98. The lowest BCUT2D eigenvalue weighted by molar-refractivity contribution is 0.250. The summed E-state index contributed by atoms with van der Waals surface area (Å²) in [6, 6.07) is -0.162. The Hall–Kier alpha value is -1.52. The zero-order valence-corrected chi connectivity index (χ0v) is 6.09. The van der Waals surface area contributed by atoms with Crippen LogP contribution in [0.2, 0.25) is 0 Å². The molecule has 1 aliphatic heterocycles. The lowest BCUT2D eigenvalue weighted by Gasteiger charge is -2.14. The van der Waals surface area contributed by atoms with E-state index in [0.29, 0.717) is 6.54 Å². The SMILES string of the molecule is Cn1ncc2c1CNC(=O)N2. The molecule has 2 N–H and O–H groups in total. The van der Waals surface area contributed by atoms with Crippen LogP contribution < -0.4 is 10.6 Å². The monoisotopic (exact) mass is 152 g/mol. The van der Waals surface area contributed by atoms with Gasteiger partial charge in [-0.1, -0.05) is 0 Å². The summed E-state index contributed by atoms with van der Waals surface area (Å²) in [5, 5.41) is 9.30. The van der Waals surface area contributed by atoms with E-state index in [0.717, 1.165) is 11.4 Å². The molecule has 1 aliphatic rings. The molecule has 2 heterocycles. The third kappa shape index (κ3) is 0.849. The quantitative estimate of drug-likeness (QED) is 0.552. The summed E-state index contributed by atoms with van der Waals surface area (Å²) in [4.78, 5) is 10.8. The molecule has 1 aromatic rings. The van der Waals surface area contributed by atoms with E-state index >= 15 is 0 Å². The number of urea groups is 1. The van der Waals surface area contributed by atoms with Crippen molar-refractivity contribution in [2.75, 3.05) is 5.32 Å². The molecule has 5 heteroatoms. The van der Waals surface area contributed by atoms with Gasteiger partial charge in [-0.3, -0.25) is 4.68 Å². The number of aromatic nitrogens is 2. The van der Waals surface area contributed by atoms with Gasteiger partial charge in [-0.15, -0.1) is 0 Å². The maximum atomic E-state index is 10.8. The number of amides is 2. The number of carbonyl (C=O) groups excluding carboxylic acids is 1. The van der Waals surface area contributed by atoms with Crippen LogP contribution in [0.1, 0.15) is 5.69 Å². The van der Waals surface area contributed by atoms with Gasteiger partial charge in [0.1, 0.15) is 0 Å². The molecule has 0 fully saturated rings. The fourth-order valence-corrected chi connectivity index (χ4v) is 1.11. The Morgan fingerprint density at radius 3 is 3.36 bits per heavy atom. The van der Waals surface area contributed by atoms with Crippen molar-refractivity contribution in [2.45, 2.75) is 6.54 Å². The fraction of sp³-hybridized carbons (Fsp3) is 0.333. The van der Waals surface area contributed by atoms with Gasteiger partial charge in [0, 0.05) is 7.05 Å². The highest BCUT2D eigenvalue weighted by atomic mass is 16.2. The Balaban J connectivity index is 2.44. The number of nitrogens with zero attached hydrogens (tertiary/aromatic N) is 2. The molecule has 11 heavy (non-hydrogen) atoms. The van der Waals surface area contributed by atoms with Crippen LogP contribution >= 0.6 is 0 Å². The van der Waals surface area contributed by atoms with E-state index in [-0.39, 0.29) is 6.03 Å². The van der Waals surface area contributed by atoms with Crippen LogP contribution in [0.3, 0.4) is 0 Å². The number of anilines is 1. The lowest BCUT2D eigenvalue weighted by Crippen LogP contribution is -2.33. The molecule has 0 aliphatic carbocycles. The van der Waals surface area contributed by atoms with E-state index in [1.54, 1.807) is 10.9 Å². The number of carbonyl (C=O) groups is 1. The maximum absolute atomic E-state index is 10.8. The Morgan fingerprint density at radius 1 is 1.73 bits per heavy atom. The molecule has 2 amide bonds. The molecule has 0 radical (unpaired) electrons. The van der Waals surface area contributed by atoms with E-state index in [1.165, 1.54) is 0 Å². The highest BCUT2D eigenvalue weighted by molar-refractivity contribution is 5.91. The zero-order valence-electron chi connectivity index (χ0n) is 6.09. The minimum Gasteiger partial charge on any atom is -0.332 e. The summed E-state index contributed by atoms with van der Waals surface area (Å²) >= 11 is 0. The minimum absolute atomic E-state index is 0.162. The van der Waals surface area contributed by atoms with Crippen molar-refractivity contribution >= 4 is 11.7 Å². The molecule has 0 atom stereocenters.